The van der Waals surface area contributed by atoms with E-state index >= 15 is 0 Å². The van der Waals surface area contributed by atoms with Gasteiger partial charge in [0.2, 0.25) is 0 Å². The second kappa shape index (κ2) is 19.8. The topological polar surface area (TPSA) is 239 Å². The maximum Gasteiger partial charge on any atom is 0.373 e. The van der Waals surface area contributed by atoms with Crippen molar-refractivity contribution in [2.24, 2.45) is 0 Å². The summed E-state index contributed by atoms with van der Waals surface area (Å²) in [6.45, 7) is 6.44. The summed E-state index contributed by atoms with van der Waals surface area (Å²) in [6, 6.07) is 19.3. The molecule has 0 saturated carbocycles. The van der Waals surface area contributed by atoms with E-state index in [1.54, 1.807) is 31.5 Å². The molecule has 0 bridgehead atoms. The average molecular weight is 757 g/mol. The van der Waals surface area contributed by atoms with Crippen LogP contribution in [-0.4, -0.2) is 77.3 Å². The smallest absolute Gasteiger partial charge is 0.373 e. The summed E-state index contributed by atoms with van der Waals surface area (Å²) in [5.74, 6) is -2.51. The van der Waals surface area contributed by atoms with E-state index in [1.165, 1.54) is 48.8 Å². The minimum absolute atomic E-state index is 0.0106. The van der Waals surface area contributed by atoms with Crippen LogP contribution < -0.4 is 4.74 Å². The van der Waals surface area contributed by atoms with Gasteiger partial charge in [-0.15, -0.1) is 0 Å². The third kappa shape index (κ3) is 11.1. The van der Waals surface area contributed by atoms with Crippen LogP contribution in [0.25, 0.3) is 45.6 Å². The Balaban J connectivity index is 0.000000233. The lowest BCUT2D eigenvalue weighted by Crippen LogP contribution is -2.06. The van der Waals surface area contributed by atoms with Crippen LogP contribution in [0.2, 0.25) is 0 Å². The summed E-state index contributed by atoms with van der Waals surface area (Å²) < 4.78 is 9.93. The number of nitrogens with zero attached hydrogens (tertiary/aromatic N) is 6. The van der Waals surface area contributed by atoms with Crippen LogP contribution in [0, 0.1) is 6.92 Å². The Morgan fingerprint density at radius 1 is 0.625 bits per heavy atom. The summed E-state index contributed by atoms with van der Waals surface area (Å²) in [5, 5.41) is 18.5. The quantitative estimate of drug-likeness (QED) is 0.117. The van der Waals surface area contributed by atoms with Crippen LogP contribution in [0.3, 0.4) is 0 Å². The Morgan fingerprint density at radius 2 is 1.09 bits per heavy atom. The highest BCUT2D eigenvalue weighted by Gasteiger charge is 2.16. The fourth-order valence-electron chi connectivity index (χ4n) is 4.94. The Kier molecular flexibility index (Phi) is 14.5. The fraction of sp³-hybridized carbons (Fsp3) is 0.125. The van der Waals surface area contributed by atoms with E-state index in [9.17, 15) is 24.3 Å². The molecule has 0 radical (unpaired) electrons. The van der Waals surface area contributed by atoms with E-state index in [1.807, 2.05) is 31.2 Å². The Morgan fingerprint density at radius 3 is 1.61 bits per heavy atom. The van der Waals surface area contributed by atoms with E-state index in [2.05, 4.69) is 31.8 Å². The minimum atomic E-state index is -1.20. The molecule has 6 aromatic rings. The fourth-order valence-corrected chi connectivity index (χ4v) is 4.94. The molecule has 6 aromatic heterocycles. The van der Waals surface area contributed by atoms with E-state index in [0.29, 0.717) is 29.3 Å². The lowest BCUT2D eigenvalue weighted by atomic mass is 10.1. The highest BCUT2D eigenvalue weighted by Crippen LogP contribution is 2.27. The van der Waals surface area contributed by atoms with E-state index in [4.69, 9.17) is 29.2 Å². The molecule has 282 valence electrons. The number of ether oxygens (including phenoxy) is 2. The van der Waals surface area contributed by atoms with Crippen LogP contribution in [0.4, 0.5) is 0 Å². The molecule has 0 aliphatic rings. The number of aromatic carboxylic acids is 2. The first-order chi connectivity index (χ1) is 27.0. The number of esters is 1. The van der Waals surface area contributed by atoms with Gasteiger partial charge in [0.05, 0.1) is 68.8 Å². The molecule has 0 unspecified atom stereocenters. The lowest BCUT2D eigenvalue weighted by Gasteiger charge is -2.09. The highest BCUT2D eigenvalue weighted by molar-refractivity contribution is 5.92. The molecule has 16 nitrogen and oxygen atoms in total. The molecule has 0 spiro atoms. The number of carboxylic acid groups (broad SMARTS) is 2. The van der Waals surface area contributed by atoms with Crippen LogP contribution in [-0.2, 0) is 25.5 Å². The number of rotatable bonds is 11. The van der Waals surface area contributed by atoms with Crippen molar-refractivity contribution in [3.05, 3.63) is 125 Å². The number of carbonyl (C=O) groups is 4. The zero-order valence-electron chi connectivity index (χ0n) is 30.1. The van der Waals surface area contributed by atoms with Gasteiger partial charge in [0, 0.05) is 30.9 Å². The van der Waals surface area contributed by atoms with Crippen molar-refractivity contribution in [3.63, 3.8) is 0 Å². The molecule has 0 saturated heterocycles. The Bertz CT molecular complexity index is 2410. The van der Waals surface area contributed by atoms with Gasteiger partial charge in [-0.05, 0) is 98.1 Å². The number of hydrogen-bond acceptors (Lipinski definition) is 14. The lowest BCUT2D eigenvalue weighted by molar-refractivity contribution is -0.191. The van der Waals surface area contributed by atoms with Crippen LogP contribution in [0.1, 0.15) is 56.0 Å². The van der Waals surface area contributed by atoms with Gasteiger partial charge in [0.15, 0.2) is 0 Å². The van der Waals surface area contributed by atoms with Gasteiger partial charge in [0.1, 0.15) is 5.75 Å². The van der Waals surface area contributed by atoms with Crippen LogP contribution in [0.5, 0.6) is 5.75 Å². The maximum atomic E-state index is 12.3. The van der Waals surface area contributed by atoms with Crippen molar-refractivity contribution in [1.29, 1.82) is 0 Å². The van der Waals surface area contributed by atoms with Gasteiger partial charge in [-0.2, -0.15) is 9.59 Å². The van der Waals surface area contributed by atoms with Gasteiger partial charge in [-0.1, -0.05) is 6.92 Å². The molecule has 0 atom stereocenters. The molecule has 0 amide bonds. The van der Waals surface area contributed by atoms with Gasteiger partial charge >= 0.3 is 24.1 Å². The molecule has 56 heavy (non-hydrogen) atoms. The predicted molar refractivity (Wildman–Crippen MR) is 197 cm³/mol. The number of aryl methyl sites for hydroxylation is 2. The molecule has 6 heterocycles. The molecule has 0 aliphatic heterocycles. The Labute approximate surface area is 318 Å². The number of carboxylic acids is 2. The first-order valence-corrected chi connectivity index (χ1v) is 16.6. The van der Waals surface area contributed by atoms with Gasteiger partial charge < -0.3 is 19.7 Å². The van der Waals surface area contributed by atoms with Crippen LogP contribution >= 0.6 is 0 Å². The molecule has 2 N–H and O–H groups in total. The summed E-state index contributed by atoms with van der Waals surface area (Å²) in [6.07, 6.45) is 7.33. The molecule has 0 aromatic carbocycles. The van der Waals surface area contributed by atoms with E-state index in [0.717, 1.165) is 23.2 Å². The first kappa shape index (κ1) is 40.9. The van der Waals surface area contributed by atoms with Gasteiger partial charge in [0.25, 0.3) is 6.47 Å². The second-order valence-corrected chi connectivity index (χ2v) is 11.3. The molecule has 16 heteroatoms. The summed E-state index contributed by atoms with van der Waals surface area (Å²) >= 11 is 0. The average Bonchev–Trinajstić information content (AvgIpc) is 3.21. The zero-order chi connectivity index (χ0) is 40.6. The largest absolute Gasteiger partial charge is 0.478 e. The maximum absolute atomic E-state index is 12.3. The third-order valence-corrected chi connectivity index (χ3v) is 7.53. The molecule has 0 fully saturated rings. The summed E-state index contributed by atoms with van der Waals surface area (Å²) in [5.41, 5.74) is 6.10. The zero-order valence-corrected chi connectivity index (χ0v) is 30.1. The Hall–Kier alpha value is -7.84. The normalized spacial score (nSPS) is 9.98. The summed E-state index contributed by atoms with van der Waals surface area (Å²) in [4.78, 5) is 87.7. The molecule has 6 rings (SSSR count). The molecular formula is C40H32N6O10. The predicted octanol–water partition coefficient (Wildman–Crippen LogP) is 5.81. The second-order valence-electron chi connectivity index (χ2n) is 11.3. The van der Waals surface area contributed by atoms with Crippen LogP contribution in [0.15, 0.2) is 97.6 Å². The molecular weight excluding hydrogens is 724 g/mol. The minimum Gasteiger partial charge on any atom is -0.478 e. The van der Waals surface area contributed by atoms with Crippen molar-refractivity contribution < 1.29 is 48.5 Å². The first-order valence-electron chi connectivity index (χ1n) is 16.6. The summed E-state index contributed by atoms with van der Waals surface area (Å²) in [7, 11) is 0. The van der Waals surface area contributed by atoms with E-state index < -0.39 is 11.9 Å². The SMILES string of the molecule is CCOC(=O)c1cc(-c2cc(C)ccn2)nc(-c2cc(CC)ccn2)c1.O=C=O.O=COc1ccnc(-c2cc(C(=O)O)cc(-c3cc(C(=O)O)ccn3)n2)c1. The number of hydrogen-bond donors (Lipinski definition) is 2. The van der Waals surface area contributed by atoms with E-state index in [-0.39, 0.29) is 58.2 Å². The molecule has 0 aliphatic carbocycles. The number of pyridine rings is 6. The monoisotopic (exact) mass is 756 g/mol. The van der Waals surface area contributed by atoms with Gasteiger partial charge in [-0.25, -0.2) is 24.4 Å². The standard InChI is InChI=1S/C21H21N3O2.C18H11N3O6.CO2/c1-4-15-7-9-23-18(11-15)20-13-16(21(25)26-5-2)12-19(24-20)17-10-14(3)6-8-22-17;22-9-27-12-2-4-20-14(8-12)16-7-11(18(25)26)6-15(21-16)13-5-10(17(23)24)1-3-19-13;2-1-3/h6-13H,4-5H2,1-3H3;1-9H,(H,23,24)(H,25,26);. The van der Waals surface area contributed by atoms with Crippen molar-refractivity contribution >= 4 is 30.5 Å². The third-order valence-electron chi connectivity index (χ3n) is 7.53. The number of aromatic nitrogens is 6. The van der Waals surface area contributed by atoms with Crippen molar-refractivity contribution in [2.45, 2.75) is 27.2 Å². The van der Waals surface area contributed by atoms with Gasteiger partial charge in [-0.3, -0.25) is 24.7 Å². The number of carbonyl (C=O) groups excluding carboxylic acids is 4. The van der Waals surface area contributed by atoms with Crippen molar-refractivity contribution in [1.82, 2.24) is 29.9 Å². The van der Waals surface area contributed by atoms with Crippen molar-refractivity contribution in [2.75, 3.05) is 6.61 Å². The van der Waals surface area contributed by atoms with Crippen molar-refractivity contribution in [3.8, 4) is 51.3 Å². The highest BCUT2D eigenvalue weighted by atomic mass is 16.5.